The number of rotatable bonds is 4. The standard InChI is InChI=1S/C16H19NO2/c1-9-4-3-5-12-15(10(2)17-16(9)12)13(8-14(18)19)11-6-7-11/h3-5,11,13,17H,6-8H2,1-2H3,(H,18,19). The number of carbonyl (C=O) groups is 1. The Balaban J connectivity index is 2.14. The van der Waals surface area contributed by atoms with E-state index in [1.807, 2.05) is 0 Å². The maximum Gasteiger partial charge on any atom is 0.303 e. The van der Waals surface area contributed by atoms with Crippen molar-refractivity contribution in [2.24, 2.45) is 5.92 Å². The lowest BCUT2D eigenvalue weighted by Gasteiger charge is -2.15. The van der Waals surface area contributed by atoms with Gasteiger partial charge >= 0.3 is 5.97 Å². The van der Waals surface area contributed by atoms with E-state index in [2.05, 4.69) is 37.0 Å². The third-order valence-corrected chi connectivity index (χ3v) is 4.24. The summed E-state index contributed by atoms with van der Waals surface area (Å²) in [6, 6.07) is 6.25. The van der Waals surface area contributed by atoms with Gasteiger partial charge < -0.3 is 10.1 Å². The Kier molecular flexibility index (Phi) is 2.85. The number of carboxylic acids is 1. The highest BCUT2D eigenvalue weighted by Crippen LogP contribution is 2.47. The molecule has 0 spiro atoms. The second-order valence-electron chi connectivity index (χ2n) is 5.70. The van der Waals surface area contributed by atoms with Gasteiger partial charge in [-0.05, 0) is 49.7 Å². The van der Waals surface area contributed by atoms with Gasteiger partial charge in [-0.2, -0.15) is 0 Å². The topological polar surface area (TPSA) is 53.1 Å². The van der Waals surface area contributed by atoms with Crippen molar-refractivity contribution in [2.75, 3.05) is 0 Å². The zero-order chi connectivity index (χ0) is 13.6. The van der Waals surface area contributed by atoms with Crippen LogP contribution in [0.5, 0.6) is 0 Å². The van der Waals surface area contributed by atoms with Crippen molar-refractivity contribution in [3.05, 3.63) is 35.0 Å². The van der Waals surface area contributed by atoms with Crippen LogP contribution in [0.1, 0.15) is 42.0 Å². The Hall–Kier alpha value is -1.77. The molecule has 1 aromatic heterocycles. The van der Waals surface area contributed by atoms with Crippen LogP contribution in [0.15, 0.2) is 18.2 Å². The molecule has 1 aliphatic rings. The predicted molar refractivity (Wildman–Crippen MR) is 75.5 cm³/mol. The van der Waals surface area contributed by atoms with Gasteiger partial charge in [0.05, 0.1) is 6.42 Å². The number of nitrogens with one attached hydrogen (secondary N) is 1. The monoisotopic (exact) mass is 257 g/mol. The van der Waals surface area contributed by atoms with Crippen LogP contribution in [0.3, 0.4) is 0 Å². The zero-order valence-corrected chi connectivity index (χ0v) is 11.4. The van der Waals surface area contributed by atoms with Gasteiger partial charge in [0, 0.05) is 16.6 Å². The Bertz CT molecular complexity index is 637. The molecule has 100 valence electrons. The van der Waals surface area contributed by atoms with E-state index < -0.39 is 5.97 Å². The van der Waals surface area contributed by atoms with Gasteiger partial charge in [-0.3, -0.25) is 4.79 Å². The van der Waals surface area contributed by atoms with Crippen LogP contribution in [-0.2, 0) is 4.79 Å². The number of carboxylic acid groups (broad SMARTS) is 1. The molecule has 0 aliphatic heterocycles. The van der Waals surface area contributed by atoms with Crippen molar-refractivity contribution in [1.82, 2.24) is 4.98 Å². The van der Waals surface area contributed by atoms with Crippen molar-refractivity contribution in [2.45, 2.75) is 39.0 Å². The van der Waals surface area contributed by atoms with Crippen LogP contribution in [0.2, 0.25) is 0 Å². The minimum Gasteiger partial charge on any atom is -0.481 e. The molecule has 19 heavy (non-hydrogen) atoms. The number of aromatic amines is 1. The molecule has 1 unspecified atom stereocenters. The Morgan fingerprint density at radius 1 is 1.42 bits per heavy atom. The third kappa shape index (κ3) is 2.14. The molecular weight excluding hydrogens is 238 g/mol. The third-order valence-electron chi connectivity index (χ3n) is 4.24. The molecular formula is C16H19NO2. The number of H-pyrrole nitrogens is 1. The summed E-state index contributed by atoms with van der Waals surface area (Å²) in [6.45, 7) is 4.15. The largest absolute Gasteiger partial charge is 0.481 e. The van der Waals surface area contributed by atoms with Gasteiger partial charge in [0.15, 0.2) is 0 Å². The highest BCUT2D eigenvalue weighted by molar-refractivity contribution is 5.88. The molecule has 2 N–H and O–H groups in total. The molecule has 1 atom stereocenters. The number of aromatic nitrogens is 1. The summed E-state index contributed by atoms with van der Waals surface area (Å²) in [5.74, 6) is 0.0145. The fourth-order valence-electron chi connectivity index (χ4n) is 3.18. The summed E-state index contributed by atoms with van der Waals surface area (Å²) in [4.78, 5) is 14.6. The fourth-order valence-corrected chi connectivity index (χ4v) is 3.18. The normalized spacial score (nSPS) is 16.7. The molecule has 1 heterocycles. The first-order valence-electron chi connectivity index (χ1n) is 6.87. The first-order chi connectivity index (χ1) is 9.08. The van der Waals surface area contributed by atoms with Crippen molar-refractivity contribution in [3.8, 4) is 0 Å². The van der Waals surface area contributed by atoms with E-state index in [9.17, 15) is 4.79 Å². The molecule has 0 amide bonds. The summed E-state index contributed by atoms with van der Waals surface area (Å²) in [6.07, 6.45) is 2.57. The molecule has 1 aliphatic carbocycles. The lowest BCUT2D eigenvalue weighted by molar-refractivity contribution is -0.137. The van der Waals surface area contributed by atoms with E-state index in [0.717, 1.165) is 24.1 Å². The molecule has 1 aromatic carbocycles. The van der Waals surface area contributed by atoms with Gasteiger partial charge in [-0.25, -0.2) is 0 Å². The minimum atomic E-state index is -0.696. The maximum absolute atomic E-state index is 11.1. The Morgan fingerprint density at radius 3 is 2.79 bits per heavy atom. The van der Waals surface area contributed by atoms with Gasteiger partial charge in [-0.1, -0.05) is 18.2 Å². The second kappa shape index (κ2) is 4.41. The summed E-state index contributed by atoms with van der Waals surface area (Å²) < 4.78 is 0. The number of aryl methyl sites for hydroxylation is 2. The zero-order valence-electron chi connectivity index (χ0n) is 11.4. The van der Waals surface area contributed by atoms with Crippen molar-refractivity contribution in [3.63, 3.8) is 0 Å². The molecule has 3 nitrogen and oxygen atoms in total. The molecule has 3 rings (SSSR count). The molecule has 0 radical (unpaired) electrons. The molecule has 1 saturated carbocycles. The number of para-hydroxylation sites is 1. The number of hydrogen-bond donors (Lipinski definition) is 2. The number of aliphatic carboxylic acids is 1. The maximum atomic E-state index is 11.1. The first-order valence-corrected chi connectivity index (χ1v) is 6.87. The Morgan fingerprint density at radius 2 is 2.16 bits per heavy atom. The lowest BCUT2D eigenvalue weighted by atomic mass is 9.88. The van der Waals surface area contributed by atoms with E-state index in [-0.39, 0.29) is 12.3 Å². The van der Waals surface area contributed by atoms with Gasteiger partial charge in [0.1, 0.15) is 0 Å². The van der Waals surface area contributed by atoms with Gasteiger partial charge in [0.2, 0.25) is 0 Å². The van der Waals surface area contributed by atoms with E-state index in [1.165, 1.54) is 16.5 Å². The first kappa shape index (κ1) is 12.3. The van der Waals surface area contributed by atoms with E-state index in [1.54, 1.807) is 0 Å². The van der Waals surface area contributed by atoms with Crippen LogP contribution in [-0.4, -0.2) is 16.1 Å². The second-order valence-corrected chi connectivity index (χ2v) is 5.70. The summed E-state index contributed by atoms with van der Waals surface area (Å²) in [5.41, 5.74) is 4.73. The molecule has 0 saturated heterocycles. The molecule has 0 bridgehead atoms. The van der Waals surface area contributed by atoms with E-state index in [0.29, 0.717) is 5.92 Å². The predicted octanol–water partition coefficient (Wildman–Crippen LogP) is 3.75. The highest BCUT2D eigenvalue weighted by Gasteiger charge is 2.36. The van der Waals surface area contributed by atoms with Crippen molar-refractivity contribution < 1.29 is 9.90 Å². The van der Waals surface area contributed by atoms with Crippen LogP contribution in [0.25, 0.3) is 10.9 Å². The quantitative estimate of drug-likeness (QED) is 0.876. The summed E-state index contributed by atoms with van der Waals surface area (Å²) in [5, 5.41) is 10.4. The Labute approximate surface area is 112 Å². The highest BCUT2D eigenvalue weighted by atomic mass is 16.4. The molecule has 1 fully saturated rings. The SMILES string of the molecule is Cc1[nH]c2c(C)cccc2c1C(CC(=O)O)C1CC1. The van der Waals surface area contributed by atoms with Crippen LogP contribution < -0.4 is 0 Å². The van der Waals surface area contributed by atoms with Crippen molar-refractivity contribution in [1.29, 1.82) is 0 Å². The summed E-state index contributed by atoms with van der Waals surface area (Å²) >= 11 is 0. The number of hydrogen-bond acceptors (Lipinski definition) is 1. The van der Waals surface area contributed by atoms with Gasteiger partial charge in [0.25, 0.3) is 0 Å². The lowest BCUT2D eigenvalue weighted by Crippen LogP contribution is -2.09. The fraction of sp³-hybridized carbons (Fsp3) is 0.438. The number of benzene rings is 1. The number of fused-ring (bicyclic) bond motifs is 1. The van der Waals surface area contributed by atoms with Crippen LogP contribution in [0, 0.1) is 19.8 Å². The smallest absolute Gasteiger partial charge is 0.303 e. The molecule has 3 heteroatoms. The minimum absolute atomic E-state index is 0.160. The van der Waals surface area contributed by atoms with E-state index in [4.69, 9.17) is 5.11 Å². The average molecular weight is 257 g/mol. The van der Waals surface area contributed by atoms with E-state index >= 15 is 0 Å². The van der Waals surface area contributed by atoms with Gasteiger partial charge in [-0.15, -0.1) is 0 Å². The van der Waals surface area contributed by atoms with Crippen LogP contribution >= 0.6 is 0 Å². The molecule has 2 aromatic rings. The summed E-state index contributed by atoms with van der Waals surface area (Å²) in [7, 11) is 0. The average Bonchev–Trinajstić information content (AvgIpc) is 3.11. The van der Waals surface area contributed by atoms with Crippen LogP contribution in [0.4, 0.5) is 0 Å². The van der Waals surface area contributed by atoms with Crippen molar-refractivity contribution >= 4 is 16.9 Å².